The van der Waals surface area contributed by atoms with E-state index < -0.39 is 30.3 Å². The molecule has 0 saturated carbocycles. The van der Waals surface area contributed by atoms with E-state index in [1.807, 2.05) is 0 Å². The summed E-state index contributed by atoms with van der Waals surface area (Å²) in [6, 6.07) is -0.808. The number of hydrogen-bond acceptors (Lipinski definition) is 5. The Hall–Kier alpha value is -2.45. The van der Waals surface area contributed by atoms with Crippen LogP contribution in [0.4, 0.5) is 4.79 Å². The Morgan fingerprint density at radius 2 is 1.59 bits per heavy atom. The van der Waals surface area contributed by atoms with E-state index in [1.165, 1.54) is 0 Å². The molecule has 122 valence electrons. The maximum Gasteiger partial charge on any atom is 0.334 e. The molecule has 1 fully saturated rings. The molecular formula is C13H20N4O5. The molecule has 2 N–H and O–H groups in total. The Bertz CT molecular complexity index is 503. The number of nitrogens with zero attached hydrogens (tertiary/aromatic N) is 2. The summed E-state index contributed by atoms with van der Waals surface area (Å²) in [7, 11) is 0. The summed E-state index contributed by atoms with van der Waals surface area (Å²) in [5, 5.41) is 4.76. The number of carbonyl (C=O) groups is 5. The van der Waals surface area contributed by atoms with Gasteiger partial charge in [-0.1, -0.05) is 13.8 Å². The molecule has 1 aliphatic rings. The Morgan fingerprint density at radius 3 is 2.14 bits per heavy atom. The predicted molar refractivity (Wildman–Crippen MR) is 75.4 cm³/mol. The van der Waals surface area contributed by atoms with Gasteiger partial charge < -0.3 is 10.6 Å². The SMILES string of the molecule is CCNC(=O)CNC(=O)CN1C(=O)C(=O)N(CC(C)C)C1=O. The van der Waals surface area contributed by atoms with Gasteiger partial charge in [0.25, 0.3) is 0 Å². The fourth-order valence-electron chi connectivity index (χ4n) is 1.85. The molecule has 6 amide bonds. The van der Waals surface area contributed by atoms with Gasteiger partial charge in [-0.2, -0.15) is 0 Å². The second-order valence-corrected chi connectivity index (χ2v) is 5.21. The van der Waals surface area contributed by atoms with Gasteiger partial charge >= 0.3 is 17.8 Å². The van der Waals surface area contributed by atoms with E-state index in [-0.39, 0.29) is 24.9 Å². The molecule has 1 rings (SSSR count). The van der Waals surface area contributed by atoms with E-state index in [0.29, 0.717) is 11.4 Å². The van der Waals surface area contributed by atoms with Gasteiger partial charge in [-0.05, 0) is 12.8 Å². The second-order valence-electron chi connectivity index (χ2n) is 5.21. The summed E-state index contributed by atoms with van der Waals surface area (Å²) in [6.07, 6.45) is 0. The van der Waals surface area contributed by atoms with Crippen LogP contribution in [-0.4, -0.2) is 65.6 Å². The van der Waals surface area contributed by atoms with Crippen LogP contribution in [0.15, 0.2) is 0 Å². The van der Waals surface area contributed by atoms with Gasteiger partial charge in [0, 0.05) is 13.1 Å². The number of carbonyl (C=O) groups excluding carboxylic acids is 5. The lowest BCUT2D eigenvalue weighted by Crippen LogP contribution is -2.44. The lowest BCUT2D eigenvalue weighted by molar-refractivity contribution is -0.144. The molecule has 1 aliphatic heterocycles. The molecule has 0 radical (unpaired) electrons. The van der Waals surface area contributed by atoms with E-state index in [2.05, 4.69) is 10.6 Å². The third kappa shape index (κ3) is 4.27. The number of amides is 6. The first-order valence-corrected chi connectivity index (χ1v) is 6.98. The number of hydrogen-bond donors (Lipinski definition) is 2. The highest BCUT2D eigenvalue weighted by molar-refractivity contribution is 6.45. The first-order valence-electron chi connectivity index (χ1n) is 6.98. The van der Waals surface area contributed by atoms with Crippen molar-refractivity contribution in [2.24, 2.45) is 5.92 Å². The standard InChI is InChI=1S/C13H20N4O5/c1-4-14-9(18)5-15-10(19)7-17-12(21)11(20)16(13(17)22)6-8(2)3/h8H,4-7H2,1-3H3,(H,14,18)(H,15,19). The van der Waals surface area contributed by atoms with Crippen molar-refractivity contribution in [2.45, 2.75) is 20.8 Å². The van der Waals surface area contributed by atoms with Crippen LogP contribution in [0.2, 0.25) is 0 Å². The number of imide groups is 2. The van der Waals surface area contributed by atoms with Crippen LogP contribution in [0, 0.1) is 5.92 Å². The van der Waals surface area contributed by atoms with Crippen molar-refractivity contribution in [1.29, 1.82) is 0 Å². The molecular weight excluding hydrogens is 292 g/mol. The highest BCUT2D eigenvalue weighted by atomic mass is 16.2. The quantitative estimate of drug-likeness (QED) is 0.447. The fourth-order valence-corrected chi connectivity index (χ4v) is 1.85. The largest absolute Gasteiger partial charge is 0.355 e. The number of urea groups is 1. The highest BCUT2D eigenvalue weighted by Gasteiger charge is 2.45. The van der Waals surface area contributed by atoms with Gasteiger partial charge in [-0.15, -0.1) is 0 Å². The van der Waals surface area contributed by atoms with Crippen LogP contribution >= 0.6 is 0 Å². The number of nitrogens with one attached hydrogen (secondary N) is 2. The van der Waals surface area contributed by atoms with Crippen molar-refractivity contribution in [3.63, 3.8) is 0 Å². The molecule has 0 aromatic heterocycles. The Balaban J connectivity index is 2.60. The topological polar surface area (TPSA) is 116 Å². The molecule has 0 aliphatic carbocycles. The Kier molecular flexibility index (Phi) is 6.02. The average molecular weight is 312 g/mol. The fraction of sp³-hybridized carbons (Fsp3) is 0.615. The smallest absolute Gasteiger partial charge is 0.334 e. The van der Waals surface area contributed by atoms with E-state index in [0.717, 1.165) is 4.90 Å². The van der Waals surface area contributed by atoms with Crippen LogP contribution in [0.3, 0.4) is 0 Å². The van der Waals surface area contributed by atoms with E-state index in [9.17, 15) is 24.0 Å². The van der Waals surface area contributed by atoms with Gasteiger partial charge in [0.1, 0.15) is 6.54 Å². The third-order valence-electron chi connectivity index (χ3n) is 2.80. The molecule has 22 heavy (non-hydrogen) atoms. The van der Waals surface area contributed by atoms with E-state index in [4.69, 9.17) is 0 Å². The lowest BCUT2D eigenvalue weighted by Gasteiger charge is -2.16. The summed E-state index contributed by atoms with van der Waals surface area (Å²) in [5.74, 6) is -3.03. The van der Waals surface area contributed by atoms with E-state index in [1.54, 1.807) is 20.8 Å². The average Bonchev–Trinajstić information content (AvgIpc) is 2.63. The van der Waals surface area contributed by atoms with Crippen molar-refractivity contribution >= 4 is 29.7 Å². The van der Waals surface area contributed by atoms with Crippen molar-refractivity contribution < 1.29 is 24.0 Å². The van der Waals surface area contributed by atoms with E-state index >= 15 is 0 Å². The maximum absolute atomic E-state index is 12.0. The molecule has 0 spiro atoms. The molecule has 0 unspecified atom stereocenters. The van der Waals surface area contributed by atoms with Crippen LogP contribution < -0.4 is 10.6 Å². The molecule has 1 heterocycles. The minimum absolute atomic E-state index is 0.00668. The summed E-state index contributed by atoms with van der Waals surface area (Å²) < 4.78 is 0. The maximum atomic E-state index is 12.0. The zero-order valence-corrected chi connectivity index (χ0v) is 12.8. The number of likely N-dealkylation sites (N-methyl/N-ethyl adjacent to an activating group) is 1. The summed E-state index contributed by atoms with van der Waals surface area (Å²) in [4.78, 5) is 59.7. The molecule has 9 heteroatoms. The first kappa shape index (κ1) is 17.6. The van der Waals surface area contributed by atoms with Crippen molar-refractivity contribution in [2.75, 3.05) is 26.2 Å². The molecule has 0 atom stereocenters. The Labute approximate surface area is 128 Å². The molecule has 9 nitrogen and oxygen atoms in total. The van der Waals surface area contributed by atoms with Crippen LogP contribution in [-0.2, 0) is 19.2 Å². The monoisotopic (exact) mass is 312 g/mol. The van der Waals surface area contributed by atoms with Crippen molar-refractivity contribution in [3.8, 4) is 0 Å². The molecule has 0 aromatic rings. The third-order valence-corrected chi connectivity index (χ3v) is 2.80. The minimum atomic E-state index is -1.03. The van der Waals surface area contributed by atoms with Gasteiger partial charge in [-0.3, -0.25) is 24.1 Å². The molecule has 0 aromatic carbocycles. The first-order chi connectivity index (χ1) is 10.3. The zero-order valence-electron chi connectivity index (χ0n) is 12.8. The summed E-state index contributed by atoms with van der Waals surface area (Å²) in [5.41, 5.74) is 0. The van der Waals surface area contributed by atoms with Gasteiger partial charge in [0.05, 0.1) is 6.54 Å². The second kappa shape index (κ2) is 7.53. The van der Waals surface area contributed by atoms with Gasteiger partial charge in [0.2, 0.25) is 11.8 Å². The summed E-state index contributed by atoms with van der Waals surface area (Å²) >= 11 is 0. The Morgan fingerprint density at radius 1 is 1.00 bits per heavy atom. The van der Waals surface area contributed by atoms with Gasteiger partial charge in [0.15, 0.2) is 0 Å². The van der Waals surface area contributed by atoms with Crippen LogP contribution in [0.5, 0.6) is 0 Å². The minimum Gasteiger partial charge on any atom is -0.355 e. The molecule has 1 saturated heterocycles. The van der Waals surface area contributed by atoms with Crippen LogP contribution in [0.25, 0.3) is 0 Å². The number of rotatable bonds is 7. The highest BCUT2D eigenvalue weighted by Crippen LogP contribution is 2.13. The molecule has 0 bridgehead atoms. The lowest BCUT2D eigenvalue weighted by atomic mass is 10.2. The van der Waals surface area contributed by atoms with Gasteiger partial charge in [-0.25, -0.2) is 9.69 Å². The van der Waals surface area contributed by atoms with Crippen molar-refractivity contribution in [3.05, 3.63) is 0 Å². The van der Waals surface area contributed by atoms with Crippen LogP contribution in [0.1, 0.15) is 20.8 Å². The van der Waals surface area contributed by atoms with Crippen molar-refractivity contribution in [1.82, 2.24) is 20.4 Å². The summed E-state index contributed by atoms with van der Waals surface area (Å²) in [6.45, 7) is 5.02. The predicted octanol–water partition coefficient (Wildman–Crippen LogP) is -1.31. The zero-order chi connectivity index (χ0) is 16.9. The normalized spacial score (nSPS) is 14.8.